The van der Waals surface area contributed by atoms with Gasteiger partial charge in [0.05, 0.1) is 11.1 Å². The normalized spacial score (nSPS) is 10.1. The van der Waals surface area contributed by atoms with Gasteiger partial charge >= 0.3 is 5.97 Å². The number of carboxylic acid groups (broad SMARTS) is 1. The van der Waals surface area contributed by atoms with Gasteiger partial charge < -0.3 is 9.84 Å². The summed E-state index contributed by atoms with van der Waals surface area (Å²) in [6.45, 7) is 0. The van der Waals surface area contributed by atoms with Gasteiger partial charge in [-0.25, -0.2) is 9.78 Å². The third kappa shape index (κ3) is 2.81. The molecule has 0 aliphatic carbocycles. The quantitative estimate of drug-likeness (QED) is 0.680. The minimum absolute atomic E-state index is 0.0664. The summed E-state index contributed by atoms with van der Waals surface area (Å²) in [5.74, 6) is -1.42. The Morgan fingerprint density at radius 3 is 2.80 bits per heavy atom. The second kappa shape index (κ2) is 5.49. The van der Waals surface area contributed by atoms with Crippen LogP contribution < -0.4 is 4.74 Å². The molecule has 20 heavy (non-hydrogen) atoms. The minimum Gasteiger partial charge on any atom is -0.478 e. The number of aromatic nitrogens is 2. The first kappa shape index (κ1) is 13.7. The van der Waals surface area contributed by atoms with Crippen LogP contribution >= 0.6 is 11.6 Å². The summed E-state index contributed by atoms with van der Waals surface area (Å²) >= 11 is 5.80. The molecule has 2 heterocycles. The number of pyridine rings is 2. The molecule has 1 N–H and O–H groups in total. The molecule has 2 aromatic heterocycles. The van der Waals surface area contributed by atoms with Crippen LogP contribution in [0.5, 0.6) is 11.6 Å². The Balaban J connectivity index is 2.36. The summed E-state index contributed by atoms with van der Waals surface area (Å²) in [5.41, 5.74) is -0.428. The Morgan fingerprint density at radius 2 is 2.20 bits per heavy atom. The van der Waals surface area contributed by atoms with Gasteiger partial charge in [0.1, 0.15) is 16.8 Å². The summed E-state index contributed by atoms with van der Waals surface area (Å²) in [7, 11) is 0. The van der Waals surface area contributed by atoms with Crippen LogP contribution in [0.1, 0.15) is 10.4 Å². The van der Waals surface area contributed by atoms with E-state index < -0.39 is 10.9 Å². The molecular weight excluding hydrogens is 290 g/mol. The summed E-state index contributed by atoms with van der Waals surface area (Å²) in [6.07, 6.45) is 3.43. The molecule has 9 heteroatoms. The molecule has 2 aromatic rings. The first-order valence-electron chi connectivity index (χ1n) is 5.14. The van der Waals surface area contributed by atoms with E-state index in [0.29, 0.717) is 0 Å². The molecule has 0 aromatic carbocycles. The molecule has 102 valence electrons. The molecule has 0 radical (unpaired) electrons. The smallest absolute Gasteiger partial charge is 0.339 e. The predicted molar refractivity (Wildman–Crippen MR) is 67.2 cm³/mol. The van der Waals surface area contributed by atoms with E-state index in [1.54, 1.807) is 0 Å². The lowest BCUT2D eigenvalue weighted by molar-refractivity contribution is -0.385. The maximum atomic E-state index is 11.0. The topological polar surface area (TPSA) is 115 Å². The fourth-order valence-electron chi connectivity index (χ4n) is 1.33. The van der Waals surface area contributed by atoms with E-state index in [9.17, 15) is 14.9 Å². The fourth-order valence-corrected chi connectivity index (χ4v) is 1.53. The Labute approximate surface area is 116 Å². The lowest BCUT2D eigenvalue weighted by Gasteiger charge is -2.07. The van der Waals surface area contributed by atoms with Crippen LogP contribution in [0.2, 0.25) is 5.02 Å². The number of hydrogen-bond donors (Lipinski definition) is 1. The molecule has 0 amide bonds. The number of nitro groups is 1. The van der Waals surface area contributed by atoms with Crippen LogP contribution in [0.4, 0.5) is 5.69 Å². The van der Waals surface area contributed by atoms with Crippen molar-refractivity contribution in [2.24, 2.45) is 0 Å². The third-order valence-electron chi connectivity index (χ3n) is 2.23. The van der Waals surface area contributed by atoms with Crippen molar-refractivity contribution in [2.75, 3.05) is 0 Å². The highest BCUT2D eigenvalue weighted by atomic mass is 35.5. The first-order chi connectivity index (χ1) is 9.49. The molecule has 0 fully saturated rings. The van der Waals surface area contributed by atoms with Gasteiger partial charge in [0, 0.05) is 12.3 Å². The average molecular weight is 296 g/mol. The largest absolute Gasteiger partial charge is 0.478 e. The highest BCUT2D eigenvalue weighted by molar-refractivity contribution is 6.32. The number of nitrogens with zero attached hydrogens (tertiary/aromatic N) is 3. The molecule has 0 saturated heterocycles. The lowest BCUT2D eigenvalue weighted by Crippen LogP contribution is -2.01. The van der Waals surface area contributed by atoms with E-state index in [2.05, 4.69) is 9.97 Å². The van der Waals surface area contributed by atoms with Crippen molar-refractivity contribution in [2.45, 2.75) is 0 Å². The van der Waals surface area contributed by atoms with Gasteiger partial charge in [0.2, 0.25) is 5.88 Å². The maximum Gasteiger partial charge on any atom is 0.339 e. The summed E-state index contributed by atoms with van der Waals surface area (Å²) in [6, 6.07) is 2.30. The number of carbonyl (C=O) groups is 1. The molecule has 0 saturated carbocycles. The van der Waals surface area contributed by atoms with Crippen molar-refractivity contribution in [3.8, 4) is 11.6 Å². The van der Waals surface area contributed by atoms with Crippen LogP contribution in [0.3, 0.4) is 0 Å². The monoisotopic (exact) mass is 295 g/mol. The minimum atomic E-state index is -1.21. The van der Waals surface area contributed by atoms with Crippen LogP contribution in [0.25, 0.3) is 0 Å². The molecular formula is C11H6ClN3O5. The van der Waals surface area contributed by atoms with Crippen molar-refractivity contribution in [1.29, 1.82) is 0 Å². The molecule has 8 nitrogen and oxygen atoms in total. The van der Waals surface area contributed by atoms with Crippen LogP contribution in [0.15, 0.2) is 30.7 Å². The predicted octanol–water partition coefficient (Wildman–Crippen LogP) is 2.53. The molecule has 2 rings (SSSR count). The second-order valence-electron chi connectivity index (χ2n) is 3.52. The fraction of sp³-hybridized carbons (Fsp3) is 0. The van der Waals surface area contributed by atoms with Crippen LogP contribution in [-0.4, -0.2) is 26.0 Å². The molecule has 0 aliphatic heterocycles. The van der Waals surface area contributed by atoms with Gasteiger partial charge in [-0.2, -0.15) is 0 Å². The maximum absolute atomic E-state index is 11.0. The lowest BCUT2D eigenvalue weighted by atomic mass is 10.2. The van der Waals surface area contributed by atoms with Crippen LogP contribution in [0, 0.1) is 10.1 Å². The Morgan fingerprint density at radius 1 is 1.45 bits per heavy atom. The zero-order chi connectivity index (χ0) is 14.7. The van der Waals surface area contributed by atoms with Crippen molar-refractivity contribution in [3.63, 3.8) is 0 Å². The van der Waals surface area contributed by atoms with E-state index in [1.165, 1.54) is 18.5 Å². The van der Waals surface area contributed by atoms with Crippen molar-refractivity contribution in [1.82, 2.24) is 9.97 Å². The van der Waals surface area contributed by atoms with E-state index in [0.717, 1.165) is 12.3 Å². The van der Waals surface area contributed by atoms with E-state index in [-0.39, 0.29) is 27.9 Å². The van der Waals surface area contributed by atoms with Gasteiger partial charge in [0.25, 0.3) is 5.69 Å². The number of halogens is 1. The molecule has 0 atom stereocenters. The highest BCUT2D eigenvalue weighted by Crippen LogP contribution is 2.30. The summed E-state index contributed by atoms with van der Waals surface area (Å²) < 4.78 is 5.23. The second-order valence-corrected chi connectivity index (χ2v) is 3.92. The number of rotatable bonds is 4. The first-order valence-corrected chi connectivity index (χ1v) is 5.52. The van der Waals surface area contributed by atoms with E-state index in [1.807, 2.05) is 0 Å². The third-order valence-corrected chi connectivity index (χ3v) is 2.50. The zero-order valence-corrected chi connectivity index (χ0v) is 10.4. The molecule has 0 aliphatic rings. The number of ether oxygens (including phenoxy) is 1. The average Bonchev–Trinajstić information content (AvgIpc) is 2.41. The SMILES string of the molecule is O=C(O)c1ccncc1Oc1ncc([N+](=O)[O-])cc1Cl. The van der Waals surface area contributed by atoms with Gasteiger partial charge in [-0.05, 0) is 6.07 Å². The Bertz CT molecular complexity index is 692. The summed E-state index contributed by atoms with van der Waals surface area (Å²) in [4.78, 5) is 28.3. The highest BCUT2D eigenvalue weighted by Gasteiger charge is 2.16. The standard InChI is InChI=1S/C11H6ClN3O5/c12-8-3-6(15(18)19)4-14-10(8)20-9-5-13-2-1-7(9)11(16)17/h1-5H,(H,16,17). The summed E-state index contributed by atoms with van der Waals surface area (Å²) in [5, 5.41) is 19.4. The molecule has 0 spiro atoms. The number of hydrogen-bond acceptors (Lipinski definition) is 6. The van der Waals surface area contributed by atoms with Gasteiger partial charge in [0.15, 0.2) is 5.75 Å². The van der Waals surface area contributed by atoms with Crippen molar-refractivity contribution >= 4 is 23.3 Å². The van der Waals surface area contributed by atoms with Crippen molar-refractivity contribution < 1.29 is 19.6 Å². The Kier molecular flexibility index (Phi) is 3.76. The molecule has 0 unspecified atom stereocenters. The van der Waals surface area contributed by atoms with E-state index >= 15 is 0 Å². The Hall–Kier alpha value is -2.74. The van der Waals surface area contributed by atoms with Gasteiger partial charge in [-0.1, -0.05) is 11.6 Å². The van der Waals surface area contributed by atoms with Gasteiger partial charge in [-0.3, -0.25) is 15.1 Å². The van der Waals surface area contributed by atoms with Crippen molar-refractivity contribution in [3.05, 3.63) is 51.4 Å². The van der Waals surface area contributed by atoms with Gasteiger partial charge in [-0.15, -0.1) is 0 Å². The zero-order valence-electron chi connectivity index (χ0n) is 9.69. The molecule has 0 bridgehead atoms. The van der Waals surface area contributed by atoms with E-state index in [4.69, 9.17) is 21.4 Å². The number of carboxylic acids is 1. The van der Waals surface area contributed by atoms with Crippen LogP contribution in [-0.2, 0) is 0 Å². The number of aromatic carboxylic acids is 1.